The van der Waals surface area contributed by atoms with E-state index in [2.05, 4.69) is 69.8 Å². The summed E-state index contributed by atoms with van der Waals surface area (Å²) < 4.78 is 0. The van der Waals surface area contributed by atoms with Gasteiger partial charge in [0.2, 0.25) is 0 Å². The van der Waals surface area contributed by atoms with E-state index in [0.717, 1.165) is 31.9 Å². The molecule has 0 fully saturated rings. The zero-order valence-electron chi connectivity index (χ0n) is 16.2. The van der Waals surface area contributed by atoms with E-state index in [9.17, 15) is 0 Å². The minimum Gasteiger partial charge on any atom is -0.358 e. The minimum absolute atomic E-state index is 0. The summed E-state index contributed by atoms with van der Waals surface area (Å²) in [5.41, 5.74) is 6.36. The number of hydrogen-bond acceptors (Lipinski definition) is 2. The number of aliphatic imine (C=N–C) groups is 1. The van der Waals surface area contributed by atoms with E-state index in [4.69, 9.17) is 0 Å². The van der Waals surface area contributed by atoms with Gasteiger partial charge < -0.3 is 15.6 Å². The molecule has 27 heavy (non-hydrogen) atoms. The maximum Gasteiger partial charge on any atom is 0.190 e. The molecule has 5 nitrogen and oxygen atoms in total. The smallest absolute Gasteiger partial charge is 0.190 e. The normalized spacial score (nSPS) is 11.3. The molecule has 3 aromatic rings. The Morgan fingerprint density at radius 1 is 1.07 bits per heavy atom. The standard InChI is InChI=1S/C21H27N5.HI/c1-15-14-23-11-8-17(15)9-12-24-21(22-3)25-13-10-18-16(2)26-20-7-5-4-6-19(18)20;/h4-8,11,14,26H,9-10,12-13H2,1-3H3,(H2,22,24,25);1H. The molecular formula is C21H28IN5. The first-order valence-corrected chi connectivity index (χ1v) is 9.09. The number of benzene rings is 1. The van der Waals surface area contributed by atoms with Crippen LogP contribution in [0.1, 0.15) is 22.4 Å². The van der Waals surface area contributed by atoms with Gasteiger partial charge in [-0.3, -0.25) is 9.98 Å². The number of hydrogen-bond donors (Lipinski definition) is 3. The lowest BCUT2D eigenvalue weighted by Crippen LogP contribution is -2.39. The molecule has 2 aromatic heterocycles. The van der Waals surface area contributed by atoms with E-state index in [0.29, 0.717) is 0 Å². The van der Waals surface area contributed by atoms with Crippen LogP contribution >= 0.6 is 24.0 Å². The van der Waals surface area contributed by atoms with Crippen LogP contribution < -0.4 is 10.6 Å². The third kappa shape index (κ3) is 5.45. The van der Waals surface area contributed by atoms with Crippen molar-refractivity contribution in [1.82, 2.24) is 20.6 Å². The maximum absolute atomic E-state index is 4.32. The van der Waals surface area contributed by atoms with Crippen molar-refractivity contribution in [3.8, 4) is 0 Å². The second-order valence-corrected chi connectivity index (χ2v) is 6.50. The molecule has 0 aliphatic carbocycles. The number of rotatable bonds is 6. The van der Waals surface area contributed by atoms with E-state index >= 15 is 0 Å². The molecule has 0 radical (unpaired) electrons. The van der Waals surface area contributed by atoms with E-state index in [1.54, 1.807) is 0 Å². The van der Waals surface area contributed by atoms with Gasteiger partial charge in [0.25, 0.3) is 0 Å². The van der Waals surface area contributed by atoms with Gasteiger partial charge in [0.05, 0.1) is 0 Å². The first kappa shape index (κ1) is 21.2. The fourth-order valence-electron chi connectivity index (χ4n) is 3.28. The van der Waals surface area contributed by atoms with Crippen molar-refractivity contribution in [2.75, 3.05) is 20.1 Å². The number of guanidine groups is 1. The summed E-state index contributed by atoms with van der Waals surface area (Å²) in [6, 6.07) is 10.5. The summed E-state index contributed by atoms with van der Waals surface area (Å²) in [4.78, 5) is 11.9. The van der Waals surface area contributed by atoms with Crippen molar-refractivity contribution in [2.24, 2.45) is 4.99 Å². The molecule has 0 aliphatic heterocycles. The number of aromatic nitrogens is 2. The Kier molecular flexibility index (Phi) is 8.09. The molecule has 0 aliphatic rings. The second-order valence-electron chi connectivity index (χ2n) is 6.50. The number of aromatic amines is 1. The lowest BCUT2D eigenvalue weighted by Gasteiger charge is -2.12. The SMILES string of the molecule is CN=C(NCCc1ccncc1C)NCCc1c(C)[nH]c2ccccc12.I. The van der Waals surface area contributed by atoms with Crippen molar-refractivity contribution in [2.45, 2.75) is 26.7 Å². The molecule has 3 N–H and O–H groups in total. The summed E-state index contributed by atoms with van der Waals surface area (Å²) in [5.74, 6) is 0.842. The predicted molar refractivity (Wildman–Crippen MR) is 124 cm³/mol. The van der Waals surface area contributed by atoms with Crippen LogP contribution in [-0.2, 0) is 12.8 Å². The van der Waals surface area contributed by atoms with Gasteiger partial charge in [-0.25, -0.2) is 0 Å². The Labute approximate surface area is 178 Å². The zero-order chi connectivity index (χ0) is 18.4. The quantitative estimate of drug-likeness (QED) is 0.288. The molecule has 0 saturated heterocycles. The summed E-state index contributed by atoms with van der Waals surface area (Å²) >= 11 is 0. The van der Waals surface area contributed by atoms with Gasteiger partial charge in [0.15, 0.2) is 5.96 Å². The van der Waals surface area contributed by atoms with E-state index < -0.39 is 0 Å². The van der Waals surface area contributed by atoms with Crippen LogP contribution in [-0.4, -0.2) is 36.1 Å². The number of halogens is 1. The Hall–Kier alpha value is -2.09. The highest BCUT2D eigenvalue weighted by atomic mass is 127. The highest BCUT2D eigenvalue weighted by Gasteiger charge is 2.08. The van der Waals surface area contributed by atoms with Crippen molar-refractivity contribution in [3.63, 3.8) is 0 Å². The van der Waals surface area contributed by atoms with Crippen LogP contribution in [0.4, 0.5) is 0 Å². The average Bonchev–Trinajstić information content (AvgIpc) is 2.97. The number of pyridine rings is 1. The van der Waals surface area contributed by atoms with Gasteiger partial charge in [0.1, 0.15) is 0 Å². The third-order valence-electron chi connectivity index (χ3n) is 4.74. The lowest BCUT2D eigenvalue weighted by atomic mass is 10.1. The fourth-order valence-corrected chi connectivity index (χ4v) is 3.28. The second kappa shape index (κ2) is 10.3. The molecule has 144 valence electrons. The molecule has 2 heterocycles. The first-order valence-electron chi connectivity index (χ1n) is 9.09. The largest absolute Gasteiger partial charge is 0.358 e. The van der Waals surface area contributed by atoms with Crippen molar-refractivity contribution < 1.29 is 0 Å². The van der Waals surface area contributed by atoms with Gasteiger partial charge >= 0.3 is 0 Å². The molecule has 0 spiro atoms. The molecule has 3 rings (SSSR count). The molecule has 0 unspecified atom stereocenters. The number of fused-ring (bicyclic) bond motifs is 1. The molecule has 0 amide bonds. The van der Waals surface area contributed by atoms with Crippen LogP contribution in [0.2, 0.25) is 0 Å². The zero-order valence-corrected chi connectivity index (χ0v) is 18.5. The van der Waals surface area contributed by atoms with Gasteiger partial charge in [-0.2, -0.15) is 0 Å². The predicted octanol–water partition coefficient (Wildman–Crippen LogP) is 3.75. The van der Waals surface area contributed by atoms with E-state index in [1.165, 1.54) is 33.3 Å². The van der Waals surface area contributed by atoms with Crippen LogP contribution in [0.25, 0.3) is 10.9 Å². The Morgan fingerprint density at radius 2 is 1.81 bits per heavy atom. The number of aryl methyl sites for hydroxylation is 2. The lowest BCUT2D eigenvalue weighted by molar-refractivity contribution is 0.782. The number of nitrogens with zero attached hydrogens (tertiary/aromatic N) is 2. The van der Waals surface area contributed by atoms with Crippen LogP contribution in [0.15, 0.2) is 47.7 Å². The third-order valence-corrected chi connectivity index (χ3v) is 4.74. The molecule has 0 atom stereocenters. The average molecular weight is 477 g/mol. The fraction of sp³-hybridized carbons (Fsp3) is 0.333. The molecule has 0 saturated carbocycles. The molecule has 0 bridgehead atoms. The maximum atomic E-state index is 4.32. The van der Waals surface area contributed by atoms with E-state index in [1.807, 2.05) is 19.4 Å². The summed E-state index contributed by atoms with van der Waals surface area (Å²) in [6.07, 6.45) is 5.67. The Balaban J connectivity index is 0.00000261. The van der Waals surface area contributed by atoms with Crippen molar-refractivity contribution >= 4 is 40.8 Å². The monoisotopic (exact) mass is 477 g/mol. The van der Waals surface area contributed by atoms with Crippen molar-refractivity contribution in [3.05, 3.63) is 65.1 Å². The van der Waals surface area contributed by atoms with Gasteiger partial charge in [-0.1, -0.05) is 18.2 Å². The number of nitrogens with one attached hydrogen (secondary N) is 3. The van der Waals surface area contributed by atoms with Gasteiger partial charge in [0, 0.05) is 49.1 Å². The topological polar surface area (TPSA) is 65.1 Å². The number of H-pyrrole nitrogens is 1. The molecule has 1 aromatic carbocycles. The number of para-hydroxylation sites is 1. The van der Waals surface area contributed by atoms with Gasteiger partial charge in [-0.15, -0.1) is 24.0 Å². The van der Waals surface area contributed by atoms with E-state index in [-0.39, 0.29) is 24.0 Å². The molecular weight excluding hydrogens is 449 g/mol. The summed E-state index contributed by atoms with van der Waals surface area (Å²) in [6.45, 7) is 5.92. The van der Waals surface area contributed by atoms with Gasteiger partial charge in [-0.05, 0) is 55.5 Å². The Bertz CT molecular complexity index is 900. The summed E-state index contributed by atoms with van der Waals surface area (Å²) in [7, 11) is 1.81. The van der Waals surface area contributed by atoms with Crippen molar-refractivity contribution in [1.29, 1.82) is 0 Å². The first-order chi connectivity index (χ1) is 12.7. The molecule has 6 heteroatoms. The van der Waals surface area contributed by atoms with Crippen LogP contribution in [0.3, 0.4) is 0 Å². The highest BCUT2D eigenvalue weighted by Crippen LogP contribution is 2.21. The summed E-state index contributed by atoms with van der Waals surface area (Å²) in [5, 5.41) is 8.11. The highest BCUT2D eigenvalue weighted by molar-refractivity contribution is 14.0. The van der Waals surface area contributed by atoms with Crippen LogP contribution in [0, 0.1) is 13.8 Å². The van der Waals surface area contributed by atoms with Crippen LogP contribution in [0.5, 0.6) is 0 Å². The Morgan fingerprint density at radius 3 is 2.56 bits per heavy atom. The minimum atomic E-state index is 0.